The number of anilines is 1. The summed E-state index contributed by atoms with van der Waals surface area (Å²) in [5, 5.41) is 11.4. The fourth-order valence-corrected chi connectivity index (χ4v) is 1.84. The van der Waals surface area contributed by atoms with Crippen LogP contribution in [0, 0.1) is 17.1 Å². The summed E-state index contributed by atoms with van der Waals surface area (Å²) >= 11 is 0. The van der Waals surface area contributed by atoms with Crippen LogP contribution in [0.5, 0.6) is 0 Å². The monoisotopic (exact) mass is 262 g/mol. The second-order valence-corrected chi connectivity index (χ2v) is 4.49. The van der Waals surface area contributed by atoms with Gasteiger partial charge in [0.25, 0.3) is 0 Å². The molecule has 0 saturated carbocycles. The normalized spacial score (nSPS) is 9.95. The average Bonchev–Trinajstić information content (AvgIpc) is 2.39. The van der Waals surface area contributed by atoms with Gasteiger partial charge in [-0.15, -0.1) is 0 Å². The van der Waals surface area contributed by atoms with Crippen molar-refractivity contribution in [1.82, 2.24) is 0 Å². The van der Waals surface area contributed by atoms with Crippen molar-refractivity contribution in [3.8, 4) is 6.07 Å². The third kappa shape index (κ3) is 5.09. The van der Waals surface area contributed by atoms with Crippen molar-refractivity contribution in [2.45, 2.75) is 45.4 Å². The molecule has 1 aromatic carbocycles. The molecule has 1 amide bonds. The van der Waals surface area contributed by atoms with Crippen LogP contribution in [0.1, 0.15) is 51.0 Å². The van der Waals surface area contributed by atoms with Gasteiger partial charge in [-0.1, -0.05) is 38.7 Å². The second-order valence-electron chi connectivity index (χ2n) is 4.49. The third-order valence-electron chi connectivity index (χ3n) is 2.91. The highest BCUT2D eigenvalue weighted by molar-refractivity contribution is 5.92. The summed E-state index contributed by atoms with van der Waals surface area (Å²) in [6, 6.07) is 5.99. The van der Waals surface area contributed by atoms with E-state index in [4.69, 9.17) is 5.26 Å². The SMILES string of the molecule is CCCCCCCC(=O)Nc1cccc(F)c1C#N. The molecular formula is C15H19FN2O. The number of nitriles is 1. The van der Waals surface area contributed by atoms with Crippen molar-refractivity contribution in [3.63, 3.8) is 0 Å². The number of carbonyl (C=O) groups excluding carboxylic acids is 1. The molecule has 3 nitrogen and oxygen atoms in total. The lowest BCUT2D eigenvalue weighted by Crippen LogP contribution is -2.12. The van der Waals surface area contributed by atoms with Gasteiger partial charge in [0.2, 0.25) is 5.91 Å². The number of carbonyl (C=O) groups is 1. The highest BCUT2D eigenvalue weighted by Crippen LogP contribution is 2.18. The Morgan fingerprint density at radius 2 is 2.05 bits per heavy atom. The molecule has 0 aliphatic rings. The topological polar surface area (TPSA) is 52.9 Å². The van der Waals surface area contributed by atoms with Gasteiger partial charge in [-0.2, -0.15) is 5.26 Å². The van der Waals surface area contributed by atoms with Crippen LogP contribution in [0.15, 0.2) is 18.2 Å². The van der Waals surface area contributed by atoms with Gasteiger partial charge >= 0.3 is 0 Å². The van der Waals surface area contributed by atoms with Crippen molar-refractivity contribution in [1.29, 1.82) is 5.26 Å². The maximum Gasteiger partial charge on any atom is 0.224 e. The first-order valence-corrected chi connectivity index (χ1v) is 6.67. The standard InChI is InChI=1S/C15H19FN2O/c1-2-3-4-5-6-10-15(19)18-14-9-7-8-13(16)12(14)11-17/h7-9H,2-6,10H2,1H3,(H,18,19). The van der Waals surface area contributed by atoms with E-state index in [0.29, 0.717) is 6.42 Å². The van der Waals surface area contributed by atoms with Gasteiger partial charge in [-0.3, -0.25) is 4.79 Å². The van der Waals surface area contributed by atoms with Crippen LogP contribution in [0.3, 0.4) is 0 Å². The van der Waals surface area contributed by atoms with Crippen molar-refractivity contribution in [2.24, 2.45) is 0 Å². The van der Waals surface area contributed by atoms with E-state index in [9.17, 15) is 9.18 Å². The van der Waals surface area contributed by atoms with Gasteiger partial charge in [0.1, 0.15) is 17.4 Å². The average molecular weight is 262 g/mol. The Labute approximate surface area is 113 Å². The smallest absolute Gasteiger partial charge is 0.224 e. The lowest BCUT2D eigenvalue weighted by atomic mass is 10.1. The number of nitrogens with zero attached hydrogens (tertiary/aromatic N) is 1. The molecule has 1 rings (SSSR count). The van der Waals surface area contributed by atoms with Crippen LogP contribution in [0.4, 0.5) is 10.1 Å². The first kappa shape index (κ1) is 15.2. The lowest BCUT2D eigenvalue weighted by molar-refractivity contribution is -0.116. The highest BCUT2D eigenvalue weighted by atomic mass is 19.1. The third-order valence-corrected chi connectivity index (χ3v) is 2.91. The number of hydrogen-bond donors (Lipinski definition) is 1. The molecule has 0 radical (unpaired) electrons. The fourth-order valence-electron chi connectivity index (χ4n) is 1.84. The lowest BCUT2D eigenvalue weighted by Gasteiger charge is -2.07. The Morgan fingerprint density at radius 3 is 2.74 bits per heavy atom. The number of unbranched alkanes of at least 4 members (excludes halogenated alkanes) is 4. The van der Waals surface area contributed by atoms with Crippen LogP contribution in [0.25, 0.3) is 0 Å². The Kier molecular flexibility index (Phi) is 6.59. The minimum atomic E-state index is -0.608. The summed E-state index contributed by atoms with van der Waals surface area (Å²) in [6.07, 6.45) is 5.74. The number of benzene rings is 1. The van der Waals surface area contributed by atoms with E-state index in [1.54, 1.807) is 6.07 Å². The van der Waals surface area contributed by atoms with Gasteiger partial charge in [0.05, 0.1) is 5.69 Å². The molecule has 0 aromatic heterocycles. The summed E-state index contributed by atoms with van der Waals surface area (Å²) in [4.78, 5) is 11.7. The van der Waals surface area contributed by atoms with Crippen molar-refractivity contribution in [3.05, 3.63) is 29.6 Å². The summed E-state index contributed by atoms with van der Waals surface area (Å²) in [7, 11) is 0. The Hall–Kier alpha value is -1.89. The summed E-state index contributed by atoms with van der Waals surface area (Å²) in [5.74, 6) is -0.776. The summed E-state index contributed by atoms with van der Waals surface area (Å²) < 4.78 is 13.3. The van der Waals surface area contributed by atoms with Gasteiger partial charge in [-0.05, 0) is 18.6 Å². The number of amides is 1. The van der Waals surface area contributed by atoms with E-state index < -0.39 is 5.82 Å². The first-order valence-electron chi connectivity index (χ1n) is 6.67. The van der Waals surface area contributed by atoms with Crippen LogP contribution in [-0.2, 0) is 4.79 Å². The van der Waals surface area contributed by atoms with E-state index in [-0.39, 0.29) is 17.2 Å². The van der Waals surface area contributed by atoms with Crippen LogP contribution >= 0.6 is 0 Å². The van der Waals surface area contributed by atoms with E-state index >= 15 is 0 Å². The molecule has 0 heterocycles. The Morgan fingerprint density at radius 1 is 1.32 bits per heavy atom. The summed E-state index contributed by atoms with van der Waals surface area (Å²) in [5.41, 5.74) is 0.142. The molecule has 0 aliphatic carbocycles. The number of halogens is 1. The molecule has 0 fully saturated rings. The molecule has 4 heteroatoms. The molecule has 1 N–H and O–H groups in total. The van der Waals surface area contributed by atoms with E-state index in [1.807, 2.05) is 0 Å². The zero-order valence-electron chi connectivity index (χ0n) is 11.2. The molecule has 0 bridgehead atoms. The Balaban J connectivity index is 2.45. The fraction of sp³-hybridized carbons (Fsp3) is 0.467. The molecule has 102 valence electrons. The van der Waals surface area contributed by atoms with Crippen molar-refractivity contribution < 1.29 is 9.18 Å². The molecule has 0 saturated heterocycles. The van der Waals surface area contributed by atoms with Crippen LogP contribution in [0.2, 0.25) is 0 Å². The number of nitrogens with one attached hydrogen (secondary N) is 1. The van der Waals surface area contributed by atoms with Crippen molar-refractivity contribution >= 4 is 11.6 Å². The van der Waals surface area contributed by atoms with Gasteiger partial charge in [-0.25, -0.2) is 4.39 Å². The zero-order valence-corrected chi connectivity index (χ0v) is 11.2. The van der Waals surface area contributed by atoms with Crippen LogP contribution < -0.4 is 5.32 Å². The molecule has 19 heavy (non-hydrogen) atoms. The van der Waals surface area contributed by atoms with Gasteiger partial charge in [0.15, 0.2) is 0 Å². The van der Waals surface area contributed by atoms with E-state index in [1.165, 1.54) is 31.0 Å². The minimum Gasteiger partial charge on any atom is -0.325 e. The van der Waals surface area contributed by atoms with Gasteiger partial charge in [0, 0.05) is 6.42 Å². The van der Waals surface area contributed by atoms with Gasteiger partial charge < -0.3 is 5.32 Å². The van der Waals surface area contributed by atoms with Crippen molar-refractivity contribution in [2.75, 3.05) is 5.32 Å². The molecule has 0 unspecified atom stereocenters. The molecular weight excluding hydrogens is 243 g/mol. The first-order chi connectivity index (χ1) is 9.19. The second kappa shape index (κ2) is 8.25. The molecule has 1 aromatic rings. The number of hydrogen-bond acceptors (Lipinski definition) is 2. The number of rotatable bonds is 7. The maximum atomic E-state index is 13.3. The van der Waals surface area contributed by atoms with Crippen LogP contribution in [-0.4, -0.2) is 5.91 Å². The Bertz CT molecular complexity index is 466. The van der Waals surface area contributed by atoms with E-state index in [0.717, 1.165) is 19.3 Å². The maximum absolute atomic E-state index is 13.3. The molecule has 0 atom stereocenters. The quantitative estimate of drug-likeness (QED) is 0.755. The predicted molar refractivity (Wildman–Crippen MR) is 73.1 cm³/mol. The molecule has 0 spiro atoms. The predicted octanol–water partition coefficient (Wildman–Crippen LogP) is 4.00. The zero-order chi connectivity index (χ0) is 14.1. The minimum absolute atomic E-state index is 0.109. The largest absolute Gasteiger partial charge is 0.325 e. The highest BCUT2D eigenvalue weighted by Gasteiger charge is 2.10. The summed E-state index contributed by atoms with van der Waals surface area (Å²) in [6.45, 7) is 2.14. The van der Waals surface area contributed by atoms with E-state index in [2.05, 4.69) is 12.2 Å². The molecule has 0 aliphatic heterocycles.